The first-order valence-electron chi connectivity index (χ1n) is 10.6. The minimum absolute atomic E-state index is 0.0191. The van der Waals surface area contributed by atoms with E-state index >= 15 is 0 Å². The van der Waals surface area contributed by atoms with E-state index in [4.69, 9.17) is 4.52 Å². The zero-order valence-electron chi connectivity index (χ0n) is 18.5. The van der Waals surface area contributed by atoms with E-state index in [1.807, 2.05) is 0 Å². The van der Waals surface area contributed by atoms with E-state index < -0.39 is 36.4 Å². The van der Waals surface area contributed by atoms with Crippen LogP contribution in [0.25, 0.3) is 22.6 Å². The van der Waals surface area contributed by atoms with Gasteiger partial charge in [-0.3, -0.25) is 5.01 Å². The van der Waals surface area contributed by atoms with Gasteiger partial charge in [0.25, 0.3) is 0 Å². The van der Waals surface area contributed by atoms with E-state index in [0.29, 0.717) is 17.1 Å². The maximum absolute atomic E-state index is 14.1. The molecule has 0 fully saturated rings. The molecule has 0 radical (unpaired) electrons. The molecule has 4 aromatic rings. The van der Waals surface area contributed by atoms with Gasteiger partial charge in [-0.2, -0.15) is 22.7 Å². The minimum Gasteiger partial charge on any atom is -0.431 e. The number of benzene rings is 2. The third-order valence-corrected chi connectivity index (χ3v) is 5.27. The molecule has 0 spiro atoms. The minimum atomic E-state index is -3.26. The number of aromatic nitrogens is 3. The first-order valence-corrected chi connectivity index (χ1v) is 10.6. The number of nitrogens with zero attached hydrogens (tertiary/aromatic N) is 4. The molecule has 2 aromatic heterocycles. The Balaban J connectivity index is 1.31. The number of alkyl halides is 4. The number of imidazole rings is 1. The highest BCUT2D eigenvalue weighted by molar-refractivity contribution is 5.80. The number of halogens is 6. The summed E-state index contributed by atoms with van der Waals surface area (Å²) in [4.78, 5) is 7.26. The summed E-state index contributed by atoms with van der Waals surface area (Å²) in [7, 11) is 0. The molecule has 0 aliphatic carbocycles. The highest BCUT2D eigenvalue weighted by atomic mass is 19.3. The fraction of sp³-hybridized carbons (Fsp3) is 0.174. The first kappa shape index (κ1) is 24.2. The number of aromatic amines is 1. The van der Waals surface area contributed by atoms with E-state index in [9.17, 15) is 26.3 Å². The lowest BCUT2D eigenvalue weighted by atomic mass is 10.1. The number of hydrogen-bond acceptors (Lipinski definition) is 7. The van der Waals surface area contributed by atoms with Gasteiger partial charge in [0.15, 0.2) is 28.9 Å². The van der Waals surface area contributed by atoms with E-state index in [-0.39, 0.29) is 35.7 Å². The molecule has 0 bridgehead atoms. The van der Waals surface area contributed by atoms with Crippen LogP contribution in [0.4, 0.5) is 26.3 Å². The molecular formula is C23H15F6N5O3. The lowest BCUT2D eigenvalue weighted by Crippen LogP contribution is -2.21. The lowest BCUT2D eigenvalue weighted by Gasteiger charge is -2.19. The van der Waals surface area contributed by atoms with Crippen LogP contribution in [0.3, 0.4) is 0 Å². The standard InChI is InChI=1S/C23H15F6N5O3/c24-14-3-1-2-13(20(14)25)21-31-16-8-30-34(10-17(16)32-21)9-12-7-15(33-37-12)11-4-5-18(35-22(26)27)19(6-11)36-23(28)29/h1-8,22-23H,9-10H2,(H,31,32). The van der Waals surface area contributed by atoms with Gasteiger partial charge in [-0.05, 0) is 30.3 Å². The molecular weight excluding hydrogens is 508 g/mol. The summed E-state index contributed by atoms with van der Waals surface area (Å²) >= 11 is 0. The Morgan fingerprint density at radius 2 is 1.78 bits per heavy atom. The third kappa shape index (κ3) is 5.22. The predicted molar refractivity (Wildman–Crippen MR) is 116 cm³/mol. The van der Waals surface area contributed by atoms with E-state index in [2.05, 4.69) is 29.7 Å². The van der Waals surface area contributed by atoms with Crippen LogP contribution >= 0.6 is 0 Å². The Hall–Kier alpha value is -4.49. The Bertz CT molecular complexity index is 1450. The molecule has 1 aliphatic rings. The van der Waals surface area contributed by atoms with Crippen molar-refractivity contribution < 1.29 is 40.3 Å². The van der Waals surface area contributed by atoms with Crippen molar-refractivity contribution in [1.82, 2.24) is 20.1 Å². The largest absolute Gasteiger partial charge is 0.431 e. The number of rotatable bonds is 8. The fourth-order valence-corrected chi connectivity index (χ4v) is 3.67. The molecule has 14 heteroatoms. The molecule has 2 aromatic carbocycles. The van der Waals surface area contributed by atoms with Crippen LogP contribution in [-0.2, 0) is 13.1 Å². The Morgan fingerprint density at radius 3 is 2.57 bits per heavy atom. The van der Waals surface area contributed by atoms with Gasteiger partial charge in [-0.1, -0.05) is 11.2 Å². The second-order valence-corrected chi connectivity index (χ2v) is 7.71. The van der Waals surface area contributed by atoms with E-state index in [1.165, 1.54) is 30.5 Å². The van der Waals surface area contributed by atoms with Crippen LogP contribution in [0, 0.1) is 11.6 Å². The molecule has 0 unspecified atom stereocenters. The number of hydrazone groups is 1. The molecule has 3 heterocycles. The van der Waals surface area contributed by atoms with Gasteiger partial charge in [0.1, 0.15) is 11.5 Å². The molecule has 1 N–H and O–H groups in total. The molecule has 8 nitrogen and oxygen atoms in total. The average molecular weight is 523 g/mol. The van der Waals surface area contributed by atoms with Gasteiger partial charge >= 0.3 is 13.2 Å². The number of fused-ring (bicyclic) bond motifs is 1. The monoisotopic (exact) mass is 523 g/mol. The van der Waals surface area contributed by atoms with Crippen molar-refractivity contribution in [2.24, 2.45) is 5.10 Å². The summed E-state index contributed by atoms with van der Waals surface area (Å²) in [5, 5.41) is 9.73. The van der Waals surface area contributed by atoms with Crippen molar-refractivity contribution in [2.45, 2.75) is 26.3 Å². The van der Waals surface area contributed by atoms with Gasteiger partial charge in [0.2, 0.25) is 0 Å². The summed E-state index contributed by atoms with van der Waals surface area (Å²) < 4.78 is 92.1. The van der Waals surface area contributed by atoms with Crippen LogP contribution in [0.15, 0.2) is 52.1 Å². The summed E-state index contributed by atoms with van der Waals surface area (Å²) in [6.45, 7) is -6.15. The zero-order chi connectivity index (χ0) is 26.1. The van der Waals surface area contributed by atoms with Crippen LogP contribution in [0.1, 0.15) is 17.1 Å². The van der Waals surface area contributed by atoms with Crippen LogP contribution < -0.4 is 9.47 Å². The molecule has 37 heavy (non-hydrogen) atoms. The molecule has 5 rings (SSSR count). The second kappa shape index (κ2) is 9.87. The summed E-state index contributed by atoms with van der Waals surface area (Å²) in [6, 6.07) is 8.76. The Morgan fingerprint density at radius 1 is 1.00 bits per heavy atom. The normalized spacial score (nSPS) is 12.9. The predicted octanol–water partition coefficient (Wildman–Crippen LogP) is 5.56. The maximum atomic E-state index is 14.1. The number of ether oxygens (including phenoxy) is 2. The van der Waals surface area contributed by atoms with E-state index in [0.717, 1.165) is 18.2 Å². The molecule has 0 saturated heterocycles. The average Bonchev–Trinajstić information content (AvgIpc) is 3.48. The van der Waals surface area contributed by atoms with Crippen molar-refractivity contribution >= 4 is 6.21 Å². The number of nitrogens with one attached hydrogen (secondary N) is 1. The highest BCUT2D eigenvalue weighted by Crippen LogP contribution is 2.35. The smallest absolute Gasteiger partial charge is 0.387 e. The second-order valence-electron chi connectivity index (χ2n) is 7.71. The SMILES string of the molecule is Fc1cccc(-c2nc3c([nH]2)C=NN(Cc2cc(-c4ccc(OC(F)F)c(OC(F)F)c4)no2)C3)c1F. The van der Waals surface area contributed by atoms with Crippen molar-refractivity contribution in [1.29, 1.82) is 0 Å². The Kier molecular flexibility index (Phi) is 6.46. The Labute approximate surface area is 204 Å². The summed E-state index contributed by atoms with van der Waals surface area (Å²) in [6.07, 6.45) is 1.47. The number of H-pyrrole nitrogens is 1. The molecule has 1 aliphatic heterocycles. The van der Waals surface area contributed by atoms with Crippen molar-refractivity contribution in [2.75, 3.05) is 0 Å². The number of hydrogen-bond donors (Lipinski definition) is 1. The van der Waals surface area contributed by atoms with Crippen LogP contribution in [0.2, 0.25) is 0 Å². The third-order valence-electron chi connectivity index (χ3n) is 5.27. The summed E-state index contributed by atoms with van der Waals surface area (Å²) in [5.74, 6) is -2.67. The lowest BCUT2D eigenvalue weighted by molar-refractivity contribution is -0.0692. The molecule has 0 saturated carbocycles. The topological polar surface area (TPSA) is 88.8 Å². The quantitative estimate of drug-likeness (QED) is 0.304. The van der Waals surface area contributed by atoms with Crippen molar-refractivity contribution in [3.8, 4) is 34.1 Å². The zero-order valence-corrected chi connectivity index (χ0v) is 18.5. The van der Waals surface area contributed by atoms with E-state index in [1.54, 1.807) is 5.01 Å². The van der Waals surface area contributed by atoms with Gasteiger partial charge in [0, 0.05) is 11.6 Å². The maximum Gasteiger partial charge on any atom is 0.387 e. The van der Waals surface area contributed by atoms with Gasteiger partial charge in [0.05, 0.1) is 36.3 Å². The fourth-order valence-electron chi connectivity index (χ4n) is 3.67. The first-order chi connectivity index (χ1) is 17.8. The van der Waals surface area contributed by atoms with Gasteiger partial charge in [-0.25, -0.2) is 13.8 Å². The van der Waals surface area contributed by atoms with Crippen LogP contribution in [-0.4, -0.2) is 39.6 Å². The highest BCUT2D eigenvalue weighted by Gasteiger charge is 2.22. The van der Waals surface area contributed by atoms with Crippen LogP contribution in [0.5, 0.6) is 11.5 Å². The van der Waals surface area contributed by atoms with Crippen molar-refractivity contribution in [3.63, 3.8) is 0 Å². The van der Waals surface area contributed by atoms with Gasteiger partial charge < -0.3 is 19.0 Å². The molecule has 0 amide bonds. The van der Waals surface area contributed by atoms with Crippen molar-refractivity contribution in [3.05, 3.63) is 71.2 Å². The summed E-state index contributed by atoms with van der Waals surface area (Å²) in [5.41, 5.74) is 1.53. The molecule has 192 valence electrons. The molecule has 0 atom stereocenters. The van der Waals surface area contributed by atoms with Gasteiger partial charge in [-0.15, -0.1) is 0 Å².